The van der Waals surface area contributed by atoms with Crippen LogP contribution in [0.2, 0.25) is 0 Å². The molecule has 0 saturated heterocycles. The molecule has 0 bridgehead atoms. The second kappa shape index (κ2) is 10.6. The molecule has 3 aromatic rings. The first-order valence-electron chi connectivity index (χ1n) is 9.40. The summed E-state index contributed by atoms with van der Waals surface area (Å²) in [6, 6.07) is 15.4. The Balaban J connectivity index is 1.51. The molecule has 0 saturated carbocycles. The highest BCUT2D eigenvalue weighted by molar-refractivity contribution is 7.99. The van der Waals surface area contributed by atoms with Gasteiger partial charge in [0.25, 0.3) is 0 Å². The number of carbonyl (C=O) groups is 1. The van der Waals surface area contributed by atoms with Gasteiger partial charge < -0.3 is 15.4 Å². The lowest BCUT2D eigenvalue weighted by atomic mass is 10.1. The number of hydrogen-bond donors (Lipinski definition) is 2. The largest absolute Gasteiger partial charge is 0.377 e. The highest BCUT2D eigenvalue weighted by Crippen LogP contribution is 2.27. The average Bonchev–Trinajstić information content (AvgIpc) is 2.74. The summed E-state index contributed by atoms with van der Waals surface area (Å²) >= 11 is 1.48. The van der Waals surface area contributed by atoms with Crippen LogP contribution >= 0.6 is 11.8 Å². The number of amides is 2. The SMILES string of the molecule is CCOCc1ccc(CNC(=O)Nc2ccc(Sc3ncccn3)cc2C)cc1. The van der Waals surface area contributed by atoms with Gasteiger partial charge in [-0.05, 0) is 66.6 Å². The molecular formula is C22H24N4O2S. The van der Waals surface area contributed by atoms with Crippen LogP contribution in [0.25, 0.3) is 0 Å². The lowest BCUT2D eigenvalue weighted by Crippen LogP contribution is -2.28. The summed E-state index contributed by atoms with van der Waals surface area (Å²) in [5.41, 5.74) is 3.90. The van der Waals surface area contributed by atoms with Crippen molar-refractivity contribution >= 4 is 23.5 Å². The highest BCUT2D eigenvalue weighted by Gasteiger charge is 2.07. The summed E-state index contributed by atoms with van der Waals surface area (Å²) in [7, 11) is 0. The number of aryl methyl sites for hydroxylation is 1. The van der Waals surface area contributed by atoms with Gasteiger partial charge in [-0.3, -0.25) is 0 Å². The molecule has 0 aliphatic carbocycles. The molecule has 2 aromatic carbocycles. The number of benzene rings is 2. The van der Waals surface area contributed by atoms with E-state index in [1.165, 1.54) is 11.8 Å². The van der Waals surface area contributed by atoms with Gasteiger partial charge >= 0.3 is 6.03 Å². The highest BCUT2D eigenvalue weighted by atomic mass is 32.2. The summed E-state index contributed by atoms with van der Waals surface area (Å²) in [5.74, 6) is 0. The van der Waals surface area contributed by atoms with Crippen molar-refractivity contribution < 1.29 is 9.53 Å². The molecule has 0 radical (unpaired) electrons. The number of aromatic nitrogens is 2. The van der Waals surface area contributed by atoms with E-state index in [1.807, 2.05) is 56.3 Å². The Labute approximate surface area is 175 Å². The standard InChI is InChI=1S/C22H24N4O2S/c1-3-28-15-18-7-5-17(6-8-18)14-25-21(27)26-20-10-9-19(13-16(20)2)29-22-23-11-4-12-24-22/h4-13H,3,14-15H2,1-2H3,(H2,25,26,27). The van der Waals surface area contributed by atoms with Gasteiger partial charge in [-0.2, -0.15) is 0 Å². The minimum absolute atomic E-state index is 0.238. The lowest BCUT2D eigenvalue weighted by molar-refractivity contribution is 0.134. The molecular weight excluding hydrogens is 384 g/mol. The fourth-order valence-corrected chi connectivity index (χ4v) is 3.42. The summed E-state index contributed by atoms with van der Waals surface area (Å²) in [5, 5.41) is 6.48. The van der Waals surface area contributed by atoms with Gasteiger partial charge in [-0.1, -0.05) is 24.3 Å². The normalized spacial score (nSPS) is 10.6. The van der Waals surface area contributed by atoms with Crippen molar-refractivity contribution in [2.75, 3.05) is 11.9 Å². The Kier molecular flexibility index (Phi) is 7.61. The van der Waals surface area contributed by atoms with Crippen LogP contribution in [-0.4, -0.2) is 22.6 Å². The monoisotopic (exact) mass is 408 g/mol. The number of carbonyl (C=O) groups excluding carboxylic acids is 1. The van der Waals surface area contributed by atoms with Gasteiger partial charge in [-0.15, -0.1) is 0 Å². The van der Waals surface area contributed by atoms with E-state index in [2.05, 4.69) is 20.6 Å². The topological polar surface area (TPSA) is 76.1 Å². The van der Waals surface area contributed by atoms with Crippen molar-refractivity contribution in [3.05, 3.63) is 77.6 Å². The Bertz CT molecular complexity index is 933. The minimum atomic E-state index is -0.238. The summed E-state index contributed by atoms with van der Waals surface area (Å²) in [4.78, 5) is 21.7. The Morgan fingerprint density at radius 2 is 1.79 bits per heavy atom. The van der Waals surface area contributed by atoms with Crippen LogP contribution in [-0.2, 0) is 17.9 Å². The van der Waals surface area contributed by atoms with Crippen LogP contribution in [0.4, 0.5) is 10.5 Å². The lowest BCUT2D eigenvalue weighted by Gasteiger charge is -2.11. The fourth-order valence-electron chi connectivity index (χ4n) is 2.61. The molecule has 0 fully saturated rings. The molecule has 0 spiro atoms. The molecule has 1 aromatic heterocycles. The van der Waals surface area contributed by atoms with Crippen molar-refractivity contribution in [2.45, 2.75) is 37.1 Å². The first-order valence-corrected chi connectivity index (χ1v) is 10.2. The number of urea groups is 1. The number of hydrogen-bond acceptors (Lipinski definition) is 5. The maximum absolute atomic E-state index is 12.3. The molecule has 29 heavy (non-hydrogen) atoms. The number of nitrogens with one attached hydrogen (secondary N) is 2. The number of ether oxygens (including phenoxy) is 1. The first-order chi connectivity index (χ1) is 14.1. The second-order valence-electron chi connectivity index (χ2n) is 6.37. The zero-order chi connectivity index (χ0) is 20.5. The summed E-state index contributed by atoms with van der Waals surface area (Å²) in [6.45, 7) is 5.70. The van der Waals surface area contributed by atoms with E-state index < -0.39 is 0 Å². The third-order valence-corrected chi connectivity index (χ3v) is 5.03. The molecule has 150 valence electrons. The molecule has 2 amide bonds. The van der Waals surface area contributed by atoms with Crippen LogP contribution in [0.15, 0.2) is 71.0 Å². The molecule has 6 nitrogen and oxygen atoms in total. The third-order valence-electron chi connectivity index (χ3n) is 4.15. The van der Waals surface area contributed by atoms with E-state index in [4.69, 9.17) is 4.74 Å². The molecule has 0 atom stereocenters. The van der Waals surface area contributed by atoms with Crippen LogP contribution in [0.3, 0.4) is 0 Å². The summed E-state index contributed by atoms with van der Waals surface area (Å²) in [6.07, 6.45) is 3.43. The third kappa shape index (κ3) is 6.58. The van der Waals surface area contributed by atoms with E-state index in [9.17, 15) is 4.79 Å². The molecule has 3 rings (SSSR count). The van der Waals surface area contributed by atoms with Gasteiger partial charge in [0.05, 0.1) is 6.61 Å². The number of anilines is 1. The predicted molar refractivity (Wildman–Crippen MR) is 115 cm³/mol. The van der Waals surface area contributed by atoms with Crippen molar-refractivity contribution in [1.82, 2.24) is 15.3 Å². The second-order valence-corrected chi connectivity index (χ2v) is 7.41. The molecule has 0 aliphatic heterocycles. The maximum Gasteiger partial charge on any atom is 0.319 e. The van der Waals surface area contributed by atoms with E-state index in [-0.39, 0.29) is 6.03 Å². The molecule has 0 aliphatic rings. The molecule has 1 heterocycles. The predicted octanol–water partition coefficient (Wildman–Crippen LogP) is 4.79. The van der Waals surface area contributed by atoms with Gasteiger partial charge in [-0.25, -0.2) is 14.8 Å². The van der Waals surface area contributed by atoms with E-state index >= 15 is 0 Å². The van der Waals surface area contributed by atoms with Gasteiger partial charge in [0.1, 0.15) is 0 Å². The Morgan fingerprint density at radius 3 is 2.48 bits per heavy atom. The minimum Gasteiger partial charge on any atom is -0.377 e. The van der Waals surface area contributed by atoms with E-state index in [0.29, 0.717) is 24.9 Å². The van der Waals surface area contributed by atoms with Crippen LogP contribution in [0.1, 0.15) is 23.6 Å². The van der Waals surface area contributed by atoms with Crippen molar-refractivity contribution in [3.8, 4) is 0 Å². The number of rotatable bonds is 8. The van der Waals surface area contributed by atoms with E-state index in [0.717, 1.165) is 27.3 Å². The van der Waals surface area contributed by atoms with Crippen molar-refractivity contribution in [1.29, 1.82) is 0 Å². The number of nitrogens with zero attached hydrogens (tertiary/aromatic N) is 2. The smallest absolute Gasteiger partial charge is 0.319 e. The zero-order valence-electron chi connectivity index (χ0n) is 16.5. The fraction of sp³-hybridized carbons (Fsp3) is 0.227. The van der Waals surface area contributed by atoms with Gasteiger partial charge in [0.15, 0.2) is 5.16 Å². The Hall–Kier alpha value is -2.90. The van der Waals surface area contributed by atoms with Crippen molar-refractivity contribution in [2.24, 2.45) is 0 Å². The Morgan fingerprint density at radius 1 is 1.07 bits per heavy atom. The van der Waals surface area contributed by atoms with Gasteiger partial charge in [0, 0.05) is 36.1 Å². The zero-order valence-corrected chi connectivity index (χ0v) is 17.3. The van der Waals surface area contributed by atoms with E-state index in [1.54, 1.807) is 18.5 Å². The van der Waals surface area contributed by atoms with Crippen LogP contribution in [0, 0.1) is 6.92 Å². The quantitative estimate of drug-likeness (QED) is 0.524. The molecule has 7 heteroatoms. The van der Waals surface area contributed by atoms with Crippen molar-refractivity contribution in [3.63, 3.8) is 0 Å². The van der Waals surface area contributed by atoms with Crippen LogP contribution < -0.4 is 10.6 Å². The maximum atomic E-state index is 12.3. The summed E-state index contributed by atoms with van der Waals surface area (Å²) < 4.78 is 5.39. The average molecular weight is 409 g/mol. The first kappa shape index (κ1) is 20.8. The molecule has 2 N–H and O–H groups in total. The van der Waals surface area contributed by atoms with Gasteiger partial charge in [0.2, 0.25) is 0 Å². The van der Waals surface area contributed by atoms with Crippen LogP contribution in [0.5, 0.6) is 0 Å². The molecule has 0 unspecified atom stereocenters.